The van der Waals surface area contributed by atoms with Crippen LogP contribution >= 0.6 is 15.9 Å². The van der Waals surface area contributed by atoms with Crippen LogP contribution in [0.1, 0.15) is 20.3 Å². The van der Waals surface area contributed by atoms with Gasteiger partial charge in [0.05, 0.1) is 6.10 Å². The number of rotatable bonds is 3. The molecule has 2 rings (SSSR count). The summed E-state index contributed by atoms with van der Waals surface area (Å²) in [6.45, 7) is 5.95. The lowest BCUT2D eigenvalue weighted by molar-refractivity contribution is 0.232. The lowest BCUT2D eigenvalue weighted by Gasteiger charge is -2.16. The molecule has 0 spiro atoms. The molecule has 0 aliphatic carbocycles. The van der Waals surface area contributed by atoms with Crippen LogP contribution in [0.25, 0.3) is 0 Å². The fraction of sp³-hybridized carbons (Fsp3) is 0.636. The molecule has 1 fully saturated rings. The quantitative estimate of drug-likeness (QED) is 0.799. The van der Waals surface area contributed by atoms with Crippen molar-refractivity contribution >= 4 is 21.9 Å². The van der Waals surface area contributed by atoms with Crippen molar-refractivity contribution in [3.63, 3.8) is 0 Å². The average molecular weight is 286 g/mol. The van der Waals surface area contributed by atoms with E-state index in [0.29, 0.717) is 10.7 Å². The number of anilines is 1. The molecular formula is C11H16BrN3O. The first-order valence-electron chi connectivity index (χ1n) is 5.54. The number of hydrogen-bond acceptors (Lipinski definition) is 4. The highest BCUT2D eigenvalue weighted by atomic mass is 79.9. The maximum Gasteiger partial charge on any atom is 0.228 e. The van der Waals surface area contributed by atoms with E-state index >= 15 is 0 Å². The number of ether oxygens (including phenoxy) is 1. The third-order valence-electron chi connectivity index (χ3n) is 2.39. The molecule has 1 aromatic rings. The number of aromatic nitrogens is 2. The Morgan fingerprint density at radius 3 is 3.00 bits per heavy atom. The minimum Gasteiger partial charge on any atom is -0.475 e. The monoisotopic (exact) mass is 285 g/mol. The van der Waals surface area contributed by atoms with Crippen LogP contribution in [-0.2, 0) is 0 Å². The summed E-state index contributed by atoms with van der Waals surface area (Å²) in [6.07, 6.45) is 3.03. The summed E-state index contributed by atoms with van der Waals surface area (Å²) in [6, 6.07) is 1.80. The Morgan fingerprint density at radius 1 is 1.56 bits per heavy atom. The summed E-state index contributed by atoms with van der Waals surface area (Å²) >= 11 is 3.61. The smallest absolute Gasteiger partial charge is 0.228 e. The number of alkyl halides is 1. The molecule has 0 saturated carbocycles. The predicted octanol–water partition coefficient (Wildman–Crippen LogP) is 2.24. The van der Waals surface area contributed by atoms with Crippen LogP contribution in [0.3, 0.4) is 0 Å². The third kappa shape index (κ3) is 2.84. The van der Waals surface area contributed by atoms with E-state index in [2.05, 4.69) is 30.8 Å². The highest BCUT2D eigenvalue weighted by Crippen LogP contribution is 2.22. The maximum absolute atomic E-state index is 5.55. The van der Waals surface area contributed by atoms with Crippen molar-refractivity contribution in [2.45, 2.75) is 31.2 Å². The van der Waals surface area contributed by atoms with Crippen LogP contribution in [0.4, 0.5) is 5.95 Å². The second kappa shape index (κ2) is 4.99. The zero-order valence-electron chi connectivity index (χ0n) is 9.56. The van der Waals surface area contributed by atoms with Crippen LogP contribution in [0.5, 0.6) is 5.88 Å². The van der Waals surface area contributed by atoms with Crippen LogP contribution in [0, 0.1) is 0 Å². The first-order chi connectivity index (χ1) is 7.65. The zero-order chi connectivity index (χ0) is 11.5. The molecule has 4 nitrogen and oxygen atoms in total. The van der Waals surface area contributed by atoms with Gasteiger partial charge in [0.15, 0.2) is 0 Å². The molecule has 5 heteroatoms. The summed E-state index contributed by atoms with van der Waals surface area (Å²) in [5, 5.41) is 0. The number of halogens is 1. The van der Waals surface area contributed by atoms with Gasteiger partial charge in [-0.3, -0.25) is 0 Å². The van der Waals surface area contributed by atoms with Gasteiger partial charge < -0.3 is 9.64 Å². The Bertz CT molecular complexity index is 359. The molecule has 1 unspecified atom stereocenters. The van der Waals surface area contributed by atoms with E-state index in [-0.39, 0.29) is 6.10 Å². The van der Waals surface area contributed by atoms with Gasteiger partial charge in [-0.15, -0.1) is 0 Å². The van der Waals surface area contributed by atoms with Crippen molar-refractivity contribution in [2.75, 3.05) is 18.0 Å². The third-order valence-corrected chi connectivity index (χ3v) is 3.13. The molecule has 2 heterocycles. The topological polar surface area (TPSA) is 38.2 Å². The van der Waals surface area contributed by atoms with Gasteiger partial charge in [0.25, 0.3) is 0 Å². The van der Waals surface area contributed by atoms with Gasteiger partial charge in [0.1, 0.15) is 0 Å². The summed E-state index contributed by atoms with van der Waals surface area (Å²) in [7, 11) is 0. The Balaban J connectivity index is 2.09. The highest BCUT2D eigenvalue weighted by molar-refractivity contribution is 9.09. The fourth-order valence-corrected chi connectivity index (χ4v) is 2.25. The number of hydrogen-bond donors (Lipinski definition) is 0. The van der Waals surface area contributed by atoms with Crippen molar-refractivity contribution in [2.24, 2.45) is 0 Å². The van der Waals surface area contributed by atoms with Crippen LogP contribution in [0.15, 0.2) is 12.3 Å². The molecule has 88 valence electrons. The summed E-state index contributed by atoms with van der Waals surface area (Å²) < 4.78 is 5.55. The fourth-order valence-electron chi connectivity index (χ4n) is 1.69. The van der Waals surface area contributed by atoms with E-state index in [9.17, 15) is 0 Å². The van der Waals surface area contributed by atoms with Gasteiger partial charge in [0.2, 0.25) is 11.8 Å². The largest absolute Gasteiger partial charge is 0.475 e. The normalized spacial score (nSPS) is 20.5. The molecule has 16 heavy (non-hydrogen) atoms. The molecule has 0 N–H and O–H groups in total. The highest BCUT2D eigenvalue weighted by Gasteiger charge is 2.22. The standard InChI is InChI=1S/C11H16BrN3O/c1-8(2)16-10-3-5-13-11(14-10)15-6-4-9(12)7-15/h3,5,8-9H,4,6-7H2,1-2H3. The lowest BCUT2D eigenvalue weighted by Crippen LogP contribution is -2.22. The first-order valence-corrected chi connectivity index (χ1v) is 6.45. The van der Waals surface area contributed by atoms with E-state index in [1.807, 2.05) is 13.8 Å². The predicted molar refractivity (Wildman–Crippen MR) is 67.3 cm³/mol. The Kier molecular flexibility index (Phi) is 3.63. The molecule has 0 radical (unpaired) electrons. The van der Waals surface area contributed by atoms with Crippen LogP contribution in [0.2, 0.25) is 0 Å². The first kappa shape index (κ1) is 11.6. The summed E-state index contributed by atoms with van der Waals surface area (Å²) in [4.78, 5) is 11.4. The van der Waals surface area contributed by atoms with E-state index in [0.717, 1.165) is 25.5 Å². The molecule has 1 saturated heterocycles. The molecule has 1 aliphatic heterocycles. The van der Waals surface area contributed by atoms with Gasteiger partial charge >= 0.3 is 0 Å². The Morgan fingerprint density at radius 2 is 2.38 bits per heavy atom. The second-order valence-corrected chi connectivity index (χ2v) is 5.49. The lowest BCUT2D eigenvalue weighted by atomic mass is 10.4. The second-order valence-electron chi connectivity index (χ2n) is 4.19. The Hall–Kier alpha value is -0.840. The van der Waals surface area contributed by atoms with Crippen LogP contribution in [-0.4, -0.2) is 34.0 Å². The van der Waals surface area contributed by atoms with Gasteiger partial charge in [-0.2, -0.15) is 4.98 Å². The SMILES string of the molecule is CC(C)Oc1ccnc(N2CCC(Br)C2)n1. The molecule has 0 aromatic carbocycles. The average Bonchev–Trinajstić information content (AvgIpc) is 2.64. The zero-order valence-corrected chi connectivity index (χ0v) is 11.1. The van der Waals surface area contributed by atoms with E-state index < -0.39 is 0 Å². The molecule has 1 atom stereocenters. The van der Waals surface area contributed by atoms with Crippen molar-refractivity contribution in [1.29, 1.82) is 0 Å². The minimum absolute atomic E-state index is 0.144. The molecule has 1 aromatic heterocycles. The summed E-state index contributed by atoms with van der Waals surface area (Å²) in [5.74, 6) is 1.41. The molecular weight excluding hydrogens is 270 g/mol. The van der Waals surface area contributed by atoms with Crippen molar-refractivity contribution in [3.8, 4) is 5.88 Å². The minimum atomic E-state index is 0.144. The van der Waals surface area contributed by atoms with E-state index in [4.69, 9.17) is 4.74 Å². The van der Waals surface area contributed by atoms with E-state index in [1.165, 1.54) is 0 Å². The maximum atomic E-state index is 5.55. The number of nitrogens with zero attached hydrogens (tertiary/aromatic N) is 3. The van der Waals surface area contributed by atoms with E-state index in [1.54, 1.807) is 12.3 Å². The van der Waals surface area contributed by atoms with Gasteiger partial charge in [-0.1, -0.05) is 15.9 Å². The van der Waals surface area contributed by atoms with Crippen LogP contribution < -0.4 is 9.64 Å². The van der Waals surface area contributed by atoms with Crippen molar-refractivity contribution in [1.82, 2.24) is 9.97 Å². The van der Waals surface area contributed by atoms with Gasteiger partial charge in [-0.05, 0) is 20.3 Å². The molecule has 1 aliphatic rings. The molecule has 0 amide bonds. The van der Waals surface area contributed by atoms with Gasteiger partial charge in [0, 0.05) is 30.2 Å². The van der Waals surface area contributed by atoms with Crippen molar-refractivity contribution in [3.05, 3.63) is 12.3 Å². The van der Waals surface area contributed by atoms with Crippen molar-refractivity contribution < 1.29 is 4.74 Å². The Labute approximate surface area is 104 Å². The molecule has 0 bridgehead atoms. The van der Waals surface area contributed by atoms with Gasteiger partial charge in [-0.25, -0.2) is 4.98 Å². The summed E-state index contributed by atoms with van der Waals surface area (Å²) in [5.41, 5.74) is 0.